The molecule has 0 aliphatic carbocycles. The fourth-order valence-corrected chi connectivity index (χ4v) is 2.66. The third-order valence-corrected chi connectivity index (χ3v) is 4.02. The quantitative estimate of drug-likeness (QED) is 0.654. The highest BCUT2D eigenvalue weighted by molar-refractivity contribution is 5.31. The smallest absolute Gasteiger partial charge is 0.0236 e. The van der Waals surface area contributed by atoms with E-state index in [-0.39, 0.29) is 0 Å². The van der Waals surface area contributed by atoms with Crippen LogP contribution < -0.4 is 0 Å². The van der Waals surface area contributed by atoms with Crippen LogP contribution in [0.15, 0.2) is 42.5 Å². The molecule has 0 amide bonds. The summed E-state index contributed by atoms with van der Waals surface area (Å²) in [5, 5.41) is 0. The highest BCUT2D eigenvalue weighted by Gasteiger charge is 2.00. The summed E-state index contributed by atoms with van der Waals surface area (Å²) in [6.45, 7) is 6.63. The van der Waals surface area contributed by atoms with Crippen LogP contribution >= 0.6 is 0 Å². The van der Waals surface area contributed by atoms with E-state index in [0.717, 1.165) is 12.8 Å². The Balaban J connectivity index is 1.93. The maximum Gasteiger partial charge on any atom is -0.0236 e. The van der Waals surface area contributed by atoms with Gasteiger partial charge in [0.2, 0.25) is 0 Å². The molecule has 2 aromatic rings. The maximum atomic E-state index is 2.30. The molecule has 0 spiro atoms. The molecule has 0 fully saturated rings. The molecule has 0 atom stereocenters. The first kappa shape index (κ1) is 14.8. The van der Waals surface area contributed by atoms with Crippen molar-refractivity contribution in [2.45, 2.75) is 52.9 Å². The molecule has 2 aromatic carbocycles. The number of hydrogen-bond acceptors (Lipinski definition) is 0. The minimum atomic E-state index is 1.14. The van der Waals surface area contributed by atoms with Gasteiger partial charge in [0.15, 0.2) is 0 Å². The van der Waals surface area contributed by atoms with E-state index in [1.54, 1.807) is 0 Å². The van der Waals surface area contributed by atoms with Crippen LogP contribution in [0.25, 0.3) is 0 Å². The monoisotopic (exact) mass is 266 g/mol. The van der Waals surface area contributed by atoms with Gasteiger partial charge in [-0.25, -0.2) is 0 Å². The van der Waals surface area contributed by atoms with Gasteiger partial charge >= 0.3 is 0 Å². The third kappa shape index (κ3) is 4.23. The summed E-state index contributed by atoms with van der Waals surface area (Å²) in [5.74, 6) is 0. The summed E-state index contributed by atoms with van der Waals surface area (Å²) >= 11 is 0. The molecule has 2 rings (SSSR count). The molecule has 0 radical (unpaired) electrons. The van der Waals surface area contributed by atoms with Gasteiger partial charge < -0.3 is 0 Å². The van der Waals surface area contributed by atoms with Crippen molar-refractivity contribution in [2.75, 3.05) is 0 Å². The van der Waals surface area contributed by atoms with Crippen molar-refractivity contribution in [2.24, 2.45) is 0 Å². The Morgan fingerprint density at radius 1 is 0.750 bits per heavy atom. The Labute approximate surface area is 123 Å². The molecular formula is C20H26. The summed E-state index contributed by atoms with van der Waals surface area (Å²) < 4.78 is 0. The Kier molecular flexibility index (Phi) is 5.40. The molecule has 0 nitrogen and oxygen atoms in total. The third-order valence-electron chi connectivity index (χ3n) is 4.02. The first-order valence-electron chi connectivity index (χ1n) is 7.83. The number of rotatable bonds is 6. The van der Waals surface area contributed by atoms with Crippen molar-refractivity contribution in [1.29, 1.82) is 0 Å². The second kappa shape index (κ2) is 7.28. The van der Waals surface area contributed by atoms with Crippen LogP contribution in [-0.4, -0.2) is 0 Å². The fourth-order valence-electron chi connectivity index (χ4n) is 2.66. The van der Waals surface area contributed by atoms with Crippen molar-refractivity contribution in [3.63, 3.8) is 0 Å². The molecule has 106 valence electrons. The van der Waals surface area contributed by atoms with E-state index in [1.807, 2.05) is 0 Å². The van der Waals surface area contributed by atoms with Crippen LogP contribution in [0.1, 0.15) is 47.6 Å². The van der Waals surface area contributed by atoms with Crippen molar-refractivity contribution < 1.29 is 0 Å². The Morgan fingerprint density at radius 2 is 1.40 bits per heavy atom. The van der Waals surface area contributed by atoms with Crippen molar-refractivity contribution in [3.05, 3.63) is 70.3 Å². The lowest BCUT2D eigenvalue weighted by atomic mass is 9.98. The summed E-state index contributed by atoms with van der Waals surface area (Å²) in [5.41, 5.74) is 7.18. The lowest BCUT2D eigenvalue weighted by Gasteiger charge is -2.08. The zero-order valence-electron chi connectivity index (χ0n) is 13.1. The van der Waals surface area contributed by atoms with Gasteiger partial charge in [-0.05, 0) is 61.8 Å². The van der Waals surface area contributed by atoms with Crippen LogP contribution in [0.2, 0.25) is 0 Å². The van der Waals surface area contributed by atoms with Gasteiger partial charge in [0.25, 0.3) is 0 Å². The lowest BCUT2D eigenvalue weighted by Crippen LogP contribution is -1.95. The molecular weight excluding hydrogens is 240 g/mol. The lowest BCUT2D eigenvalue weighted by molar-refractivity contribution is 0.794. The zero-order valence-corrected chi connectivity index (χ0v) is 13.1. The highest BCUT2D eigenvalue weighted by atomic mass is 14.1. The van der Waals surface area contributed by atoms with Gasteiger partial charge in [0.05, 0.1) is 0 Å². The number of benzene rings is 2. The minimum Gasteiger partial charge on any atom is -0.0654 e. The molecule has 0 unspecified atom stereocenters. The Morgan fingerprint density at radius 3 is 2.00 bits per heavy atom. The van der Waals surface area contributed by atoms with Gasteiger partial charge in [-0.3, -0.25) is 0 Å². The predicted molar refractivity (Wildman–Crippen MR) is 88.4 cm³/mol. The van der Waals surface area contributed by atoms with E-state index >= 15 is 0 Å². The average molecular weight is 266 g/mol. The SMILES string of the molecule is CCCCc1ccc(CCc2ccc(C)cc2C)cc1. The molecule has 0 saturated carbocycles. The van der Waals surface area contributed by atoms with Crippen molar-refractivity contribution in [3.8, 4) is 0 Å². The standard InChI is InChI=1S/C20H26/c1-4-5-6-18-8-10-19(11-9-18)12-14-20-13-7-16(2)15-17(20)3/h7-11,13,15H,4-6,12,14H2,1-3H3. The van der Waals surface area contributed by atoms with Gasteiger partial charge in [0, 0.05) is 0 Å². The molecule has 0 bridgehead atoms. The number of unbranched alkanes of at least 4 members (excludes halogenated alkanes) is 1. The average Bonchev–Trinajstić information content (AvgIpc) is 2.45. The van der Waals surface area contributed by atoms with E-state index in [1.165, 1.54) is 47.1 Å². The van der Waals surface area contributed by atoms with Crippen LogP contribution in [0.3, 0.4) is 0 Å². The van der Waals surface area contributed by atoms with Crippen LogP contribution in [0.4, 0.5) is 0 Å². The molecule has 20 heavy (non-hydrogen) atoms. The molecule has 0 aliphatic heterocycles. The van der Waals surface area contributed by atoms with Gasteiger partial charge in [0.1, 0.15) is 0 Å². The normalized spacial score (nSPS) is 10.8. The molecule has 0 heterocycles. The predicted octanol–water partition coefficient (Wildman–Crippen LogP) is 5.43. The number of hydrogen-bond donors (Lipinski definition) is 0. The van der Waals surface area contributed by atoms with E-state index in [2.05, 4.69) is 63.2 Å². The fraction of sp³-hybridized carbons (Fsp3) is 0.400. The minimum absolute atomic E-state index is 1.14. The van der Waals surface area contributed by atoms with Crippen LogP contribution in [-0.2, 0) is 19.3 Å². The first-order valence-corrected chi connectivity index (χ1v) is 7.83. The van der Waals surface area contributed by atoms with Crippen molar-refractivity contribution >= 4 is 0 Å². The summed E-state index contributed by atoms with van der Waals surface area (Å²) in [6, 6.07) is 16.0. The van der Waals surface area contributed by atoms with E-state index < -0.39 is 0 Å². The molecule has 0 aliphatic rings. The summed E-state index contributed by atoms with van der Waals surface area (Å²) in [7, 11) is 0. The maximum absolute atomic E-state index is 2.30. The second-order valence-electron chi connectivity index (χ2n) is 5.85. The highest BCUT2D eigenvalue weighted by Crippen LogP contribution is 2.15. The van der Waals surface area contributed by atoms with Crippen LogP contribution in [0.5, 0.6) is 0 Å². The molecule has 0 aromatic heterocycles. The van der Waals surface area contributed by atoms with E-state index in [0.29, 0.717) is 0 Å². The van der Waals surface area contributed by atoms with Gasteiger partial charge in [-0.2, -0.15) is 0 Å². The topological polar surface area (TPSA) is 0 Å². The summed E-state index contributed by atoms with van der Waals surface area (Å²) in [4.78, 5) is 0. The van der Waals surface area contributed by atoms with E-state index in [4.69, 9.17) is 0 Å². The molecule has 0 saturated heterocycles. The second-order valence-corrected chi connectivity index (χ2v) is 5.85. The zero-order chi connectivity index (χ0) is 14.4. The molecule has 0 heteroatoms. The van der Waals surface area contributed by atoms with Gasteiger partial charge in [-0.1, -0.05) is 61.4 Å². The largest absolute Gasteiger partial charge is 0.0654 e. The Hall–Kier alpha value is -1.56. The van der Waals surface area contributed by atoms with Gasteiger partial charge in [-0.15, -0.1) is 0 Å². The number of aryl methyl sites for hydroxylation is 5. The Bertz CT molecular complexity index is 534. The summed E-state index contributed by atoms with van der Waals surface area (Å²) in [6.07, 6.45) is 6.06. The van der Waals surface area contributed by atoms with Crippen molar-refractivity contribution in [1.82, 2.24) is 0 Å². The first-order chi connectivity index (χ1) is 9.69. The molecule has 0 N–H and O–H groups in total. The van der Waals surface area contributed by atoms with Crippen LogP contribution in [0, 0.1) is 13.8 Å². The van der Waals surface area contributed by atoms with E-state index in [9.17, 15) is 0 Å².